The molecule has 0 aliphatic carbocycles. The van der Waals surface area contributed by atoms with Crippen LogP contribution in [0.3, 0.4) is 0 Å². The largest absolute Gasteiger partial charge is 0.477 e. The van der Waals surface area contributed by atoms with Gasteiger partial charge in [-0.1, -0.05) is 0 Å². The number of aliphatic hydroxyl groups excluding tert-OH is 2. The molecule has 1 aromatic heterocycles. The number of carboxylic acid groups (broad SMARTS) is 1. The van der Waals surface area contributed by atoms with Crippen LogP contribution in [-0.4, -0.2) is 39.8 Å². The first-order valence-corrected chi connectivity index (χ1v) is 6.22. The molecule has 100 valence electrons. The number of carbonyl (C=O) groups is 2. The molecule has 7 heteroatoms. The van der Waals surface area contributed by atoms with Crippen molar-refractivity contribution < 1.29 is 24.9 Å². The summed E-state index contributed by atoms with van der Waals surface area (Å²) >= 11 is 0.992. The third-order valence-electron chi connectivity index (χ3n) is 2.39. The first-order valence-electron chi connectivity index (χ1n) is 5.34. The maximum absolute atomic E-state index is 10.9. The molecule has 1 aromatic rings. The van der Waals surface area contributed by atoms with Crippen LogP contribution < -0.4 is 5.32 Å². The molecule has 1 heterocycles. The van der Waals surface area contributed by atoms with Crippen molar-refractivity contribution in [3.05, 3.63) is 21.9 Å². The summed E-state index contributed by atoms with van der Waals surface area (Å²) in [7, 11) is 0. The van der Waals surface area contributed by atoms with Crippen molar-refractivity contribution >= 4 is 23.2 Å². The predicted octanol–water partition coefficient (Wildman–Crippen LogP) is 0.367. The van der Waals surface area contributed by atoms with E-state index >= 15 is 0 Å². The second kappa shape index (κ2) is 6.48. The Morgan fingerprint density at radius 2 is 2.11 bits per heavy atom. The van der Waals surface area contributed by atoms with Crippen LogP contribution in [0.1, 0.15) is 34.7 Å². The number of hydrogen-bond donors (Lipinski definition) is 4. The lowest BCUT2D eigenvalue weighted by Crippen LogP contribution is -2.28. The van der Waals surface area contributed by atoms with Crippen molar-refractivity contribution in [2.45, 2.75) is 25.6 Å². The van der Waals surface area contributed by atoms with Crippen LogP contribution in [0, 0.1) is 0 Å². The second-order valence-corrected chi connectivity index (χ2v) is 4.71. The minimum atomic E-state index is -1.27. The van der Waals surface area contributed by atoms with Gasteiger partial charge in [-0.25, -0.2) is 4.79 Å². The van der Waals surface area contributed by atoms with Crippen LogP contribution in [0.5, 0.6) is 0 Å². The number of aliphatic hydroxyl groups is 2. The molecule has 0 saturated heterocycles. The summed E-state index contributed by atoms with van der Waals surface area (Å²) in [6, 6.07) is 1.47. The molecule has 0 aliphatic rings. The van der Waals surface area contributed by atoms with E-state index < -0.39 is 18.2 Å². The minimum absolute atomic E-state index is 0.0149. The molecule has 4 N–H and O–H groups in total. The second-order valence-electron chi connectivity index (χ2n) is 3.79. The van der Waals surface area contributed by atoms with Crippen LogP contribution >= 0.6 is 11.3 Å². The van der Waals surface area contributed by atoms with Gasteiger partial charge in [-0.3, -0.25) is 4.79 Å². The molecule has 0 fully saturated rings. The van der Waals surface area contributed by atoms with Gasteiger partial charge < -0.3 is 20.6 Å². The molecule has 0 aromatic carbocycles. The maximum Gasteiger partial charge on any atom is 0.346 e. The van der Waals surface area contributed by atoms with Crippen LogP contribution in [0.25, 0.3) is 0 Å². The summed E-state index contributed by atoms with van der Waals surface area (Å²) in [5, 5.41) is 32.5. The summed E-state index contributed by atoms with van der Waals surface area (Å²) in [4.78, 5) is 21.5. The Morgan fingerprint density at radius 3 is 2.67 bits per heavy atom. The van der Waals surface area contributed by atoms with Crippen LogP contribution in [0.15, 0.2) is 11.4 Å². The number of aromatic carboxylic acids is 1. The van der Waals surface area contributed by atoms with Gasteiger partial charge in [0.15, 0.2) is 0 Å². The Hall–Kier alpha value is -1.44. The molecule has 0 saturated carbocycles. The molecule has 1 rings (SSSR count). The Balaban J connectivity index is 2.62. The van der Waals surface area contributed by atoms with Gasteiger partial charge in [0.1, 0.15) is 11.0 Å². The first kappa shape index (κ1) is 14.6. The molecule has 18 heavy (non-hydrogen) atoms. The molecule has 0 aliphatic heterocycles. The molecule has 0 radical (unpaired) electrons. The van der Waals surface area contributed by atoms with E-state index in [0.717, 1.165) is 11.3 Å². The molecule has 1 amide bonds. The van der Waals surface area contributed by atoms with Gasteiger partial charge in [-0.2, -0.15) is 0 Å². The van der Waals surface area contributed by atoms with Gasteiger partial charge in [-0.05, 0) is 17.9 Å². The first-order chi connectivity index (χ1) is 8.43. The summed E-state index contributed by atoms with van der Waals surface area (Å²) in [6.07, 6.45) is -2.24. The number of amides is 1. The van der Waals surface area contributed by atoms with Crippen LogP contribution in [0.4, 0.5) is 0 Å². The van der Waals surface area contributed by atoms with E-state index in [1.54, 1.807) is 5.38 Å². The van der Waals surface area contributed by atoms with Gasteiger partial charge in [0.2, 0.25) is 5.91 Å². The van der Waals surface area contributed by atoms with Crippen molar-refractivity contribution in [1.82, 2.24) is 5.32 Å². The van der Waals surface area contributed by atoms with Crippen molar-refractivity contribution in [3.63, 3.8) is 0 Å². The Morgan fingerprint density at radius 1 is 1.44 bits per heavy atom. The Bertz CT molecular complexity index is 431. The van der Waals surface area contributed by atoms with E-state index in [-0.39, 0.29) is 29.3 Å². The molecule has 0 bridgehead atoms. The molecule has 0 spiro atoms. The maximum atomic E-state index is 10.9. The standard InChI is InChI=1S/C11H15NO5S/c1-6(13)12-4-2-8(14)9(15)7-3-5-18-10(7)11(16)17/h3,5,8-9,14-15H,2,4H2,1H3,(H,12,13)(H,16,17). The minimum Gasteiger partial charge on any atom is -0.477 e. The van der Waals surface area contributed by atoms with Gasteiger partial charge >= 0.3 is 5.97 Å². The fraction of sp³-hybridized carbons (Fsp3) is 0.455. The fourth-order valence-electron chi connectivity index (χ4n) is 1.49. The van der Waals surface area contributed by atoms with Crippen molar-refractivity contribution in [2.24, 2.45) is 0 Å². The predicted molar refractivity (Wildman–Crippen MR) is 65.5 cm³/mol. The van der Waals surface area contributed by atoms with E-state index in [9.17, 15) is 19.8 Å². The van der Waals surface area contributed by atoms with Crippen molar-refractivity contribution in [3.8, 4) is 0 Å². The highest BCUT2D eigenvalue weighted by Crippen LogP contribution is 2.26. The normalized spacial score (nSPS) is 13.9. The van der Waals surface area contributed by atoms with Crippen molar-refractivity contribution in [1.29, 1.82) is 0 Å². The van der Waals surface area contributed by atoms with E-state index in [1.165, 1.54) is 13.0 Å². The van der Waals surface area contributed by atoms with Crippen molar-refractivity contribution in [2.75, 3.05) is 6.54 Å². The van der Waals surface area contributed by atoms with E-state index in [0.29, 0.717) is 0 Å². The number of nitrogens with one attached hydrogen (secondary N) is 1. The van der Waals surface area contributed by atoms with Gasteiger partial charge in [0.05, 0.1) is 6.10 Å². The van der Waals surface area contributed by atoms with Crippen LogP contribution in [-0.2, 0) is 4.79 Å². The lowest BCUT2D eigenvalue weighted by molar-refractivity contribution is -0.119. The van der Waals surface area contributed by atoms with E-state index in [4.69, 9.17) is 5.11 Å². The summed E-state index contributed by atoms with van der Waals surface area (Å²) < 4.78 is 0. The van der Waals surface area contributed by atoms with E-state index in [2.05, 4.69) is 5.32 Å². The zero-order valence-corrected chi connectivity index (χ0v) is 10.6. The fourth-order valence-corrected chi connectivity index (χ4v) is 2.26. The average molecular weight is 273 g/mol. The summed E-state index contributed by atoms with van der Waals surface area (Å²) in [5.74, 6) is -1.36. The average Bonchev–Trinajstić information content (AvgIpc) is 2.76. The highest BCUT2D eigenvalue weighted by Gasteiger charge is 2.24. The highest BCUT2D eigenvalue weighted by atomic mass is 32.1. The molecule has 2 atom stereocenters. The highest BCUT2D eigenvalue weighted by molar-refractivity contribution is 7.12. The van der Waals surface area contributed by atoms with Gasteiger partial charge in [0, 0.05) is 19.0 Å². The van der Waals surface area contributed by atoms with E-state index in [1.807, 2.05) is 0 Å². The SMILES string of the molecule is CC(=O)NCCC(O)C(O)c1ccsc1C(=O)O. The molecular formula is C11H15NO5S. The summed E-state index contributed by atoms with van der Waals surface area (Å²) in [6.45, 7) is 1.57. The topological polar surface area (TPSA) is 107 Å². The monoisotopic (exact) mass is 273 g/mol. The lowest BCUT2D eigenvalue weighted by Gasteiger charge is -2.17. The smallest absolute Gasteiger partial charge is 0.346 e. The number of thiophene rings is 1. The van der Waals surface area contributed by atoms with Gasteiger partial charge in [0.25, 0.3) is 0 Å². The van der Waals surface area contributed by atoms with Crippen LogP contribution in [0.2, 0.25) is 0 Å². The molecule has 2 unspecified atom stereocenters. The Labute approximate surface area is 108 Å². The third-order valence-corrected chi connectivity index (χ3v) is 3.31. The zero-order chi connectivity index (χ0) is 13.7. The summed E-state index contributed by atoms with van der Waals surface area (Å²) in [5.41, 5.74) is 0.197. The zero-order valence-electron chi connectivity index (χ0n) is 9.79. The molecular weight excluding hydrogens is 258 g/mol. The number of rotatable bonds is 6. The number of carbonyl (C=O) groups excluding carboxylic acids is 1. The quantitative estimate of drug-likeness (QED) is 0.599. The lowest BCUT2D eigenvalue weighted by atomic mass is 10.0. The third kappa shape index (κ3) is 3.80. The Kier molecular flexibility index (Phi) is 5.26. The molecule has 6 nitrogen and oxygen atoms in total. The number of carboxylic acids is 1. The number of hydrogen-bond acceptors (Lipinski definition) is 5. The van der Waals surface area contributed by atoms with Gasteiger partial charge in [-0.15, -0.1) is 11.3 Å².